The van der Waals surface area contributed by atoms with Gasteiger partial charge in [0.05, 0.1) is 18.3 Å². The van der Waals surface area contributed by atoms with E-state index in [0.29, 0.717) is 12.1 Å². The predicted molar refractivity (Wildman–Crippen MR) is 153 cm³/mol. The van der Waals surface area contributed by atoms with E-state index in [1.165, 1.54) is 0 Å². The second kappa shape index (κ2) is 16.4. The Hall–Kier alpha value is -3.61. The van der Waals surface area contributed by atoms with Gasteiger partial charge >= 0.3 is 17.1 Å². The first kappa shape index (κ1) is 31.6. The van der Waals surface area contributed by atoms with Gasteiger partial charge in [0.2, 0.25) is 5.91 Å². The van der Waals surface area contributed by atoms with Gasteiger partial charge in [0.1, 0.15) is 11.8 Å². The summed E-state index contributed by atoms with van der Waals surface area (Å²) in [6, 6.07) is 17.4. The Morgan fingerprint density at radius 2 is 1.82 bits per heavy atom. The zero-order valence-corrected chi connectivity index (χ0v) is 24.1. The van der Waals surface area contributed by atoms with Crippen molar-refractivity contribution in [1.82, 2.24) is 15.6 Å². The number of aromatic nitrogens is 1. The smallest absolute Gasteiger partial charge is 0.860 e. The molecule has 1 aromatic heterocycles. The Balaban J connectivity index is 0.000000797. The van der Waals surface area contributed by atoms with E-state index >= 15 is 0 Å². The van der Waals surface area contributed by atoms with Crippen LogP contribution in [0.4, 0.5) is 5.69 Å². The van der Waals surface area contributed by atoms with E-state index in [0.717, 1.165) is 35.2 Å². The number of amides is 1. The van der Waals surface area contributed by atoms with Crippen molar-refractivity contribution >= 4 is 22.5 Å². The summed E-state index contributed by atoms with van der Waals surface area (Å²) in [7, 11) is 1.65. The number of carbonyl (C=O) groups is 1. The number of nitrogens with one attached hydrogen (secondary N) is 3. The molecule has 0 spiro atoms. The summed E-state index contributed by atoms with van der Waals surface area (Å²) in [5, 5.41) is 22.7. The van der Waals surface area contributed by atoms with Crippen molar-refractivity contribution in [1.29, 1.82) is 0 Å². The standard InChI is InChI=1S/C26H34N4O3.C5H5.Fe/c1-17(2)23(30-25(31)19-10-5-6-11-19)26(32)28-14-7-9-18(3)29-22-16-21(33-4)15-20-12-8-13-27-24(20)22;1-2-4-5-3-1;/h5-6,8,10-13,15-18,23,29-31H,7,9,14H2,1-4H3,(H,28,32);1-5H;/q;-1;+2/p-1/t18?,23-;;/m1../s1. The van der Waals surface area contributed by atoms with Crippen LogP contribution in [-0.2, 0) is 21.9 Å². The van der Waals surface area contributed by atoms with Crippen molar-refractivity contribution in [2.45, 2.75) is 45.7 Å². The molecule has 3 N–H and O–H groups in total. The van der Waals surface area contributed by atoms with Crippen LogP contribution in [0.3, 0.4) is 0 Å². The molecule has 2 atom stereocenters. The molecular weight excluding hydrogens is 532 g/mol. The average molecular weight is 571 g/mol. The first-order valence-corrected chi connectivity index (χ1v) is 13.0. The summed E-state index contributed by atoms with van der Waals surface area (Å²) in [6.45, 7) is 6.49. The van der Waals surface area contributed by atoms with Gasteiger partial charge in [-0.2, -0.15) is 18.2 Å². The minimum absolute atomic E-state index is 0. The van der Waals surface area contributed by atoms with Crippen LogP contribution in [0.2, 0.25) is 0 Å². The van der Waals surface area contributed by atoms with Crippen LogP contribution in [0.1, 0.15) is 33.6 Å². The van der Waals surface area contributed by atoms with Crippen LogP contribution in [0.5, 0.6) is 5.75 Å². The molecule has 0 bridgehead atoms. The number of nitrogens with zero attached hydrogens (tertiary/aromatic N) is 1. The molecule has 1 aliphatic rings. The first-order valence-electron chi connectivity index (χ1n) is 13.0. The van der Waals surface area contributed by atoms with Gasteiger partial charge in [0, 0.05) is 30.2 Å². The maximum atomic E-state index is 12.7. The SMILES string of the molecule is COc1cc(NC(C)CCCNC(=O)[C@H](NC([O-])=C2C=CC=C2)C(C)C)c2ncccc2c1.[Fe+2].c1cc[cH-]c1. The number of allylic oxidation sites excluding steroid dienone is 5. The van der Waals surface area contributed by atoms with Gasteiger partial charge in [-0.1, -0.05) is 44.2 Å². The van der Waals surface area contributed by atoms with Crippen LogP contribution >= 0.6 is 0 Å². The summed E-state index contributed by atoms with van der Waals surface area (Å²) in [5.74, 6) is 0.374. The molecule has 0 saturated carbocycles. The van der Waals surface area contributed by atoms with Gasteiger partial charge in [0.15, 0.2) is 0 Å². The minimum Gasteiger partial charge on any atom is -0.860 e. The number of anilines is 1. The number of hydrogen-bond acceptors (Lipinski definition) is 6. The molecule has 8 heteroatoms. The molecule has 0 radical (unpaired) electrons. The molecule has 1 aliphatic carbocycles. The van der Waals surface area contributed by atoms with Crippen molar-refractivity contribution in [3.63, 3.8) is 0 Å². The Bertz CT molecular complexity index is 1220. The van der Waals surface area contributed by atoms with Crippen molar-refractivity contribution in [2.24, 2.45) is 5.92 Å². The zero-order chi connectivity index (χ0) is 27.3. The molecule has 208 valence electrons. The van der Waals surface area contributed by atoms with E-state index in [4.69, 9.17) is 4.74 Å². The molecular formula is C31H38FeN4O3. The van der Waals surface area contributed by atoms with Gasteiger partial charge in [-0.15, -0.1) is 0 Å². The number of carbonyl (C=O) groups excluding carboxylic acids is 1. The zero-order valence-electron chi connectivity index (χ0n) is 23.0. The fourth-order valence-corrected chi connectivity index (χ4v) is 4.07. The predicted octanol–water partition coefficient (Wildman–Crippen LogP) is 4.66. The summed E-state index contributed by atoms with van der Waals surface area (Å²) < 4.78 is 5.42. The van der Waals surface area contributed by atoms with Crippen LogP contribution in [-0.4, -0.2) is 36.6 Å². The molecule has 7 nitrogen and oxygen atoms in total. The molecule has 0 fully saturated rings. The van der Waals surface area contributed by atoms with Gasteiger partial charge in [-0.05, 0) is 49.3 Å². The molecule has 1 amide bonds. The van der Waals surface area contributed by atoms with Crippen LogP contribution in [0.15, 0.2) is 96.6 Å². The van der Waals surface area contributed by atoms with Crippen LogP contribution in [0.25, 0.3) is 10.9 Å². The van der Waals surface area contributed by atoms with Gasteiger partial charge in [-0.25, -0.2) is 12.1 Å². The average Bonchev–Trinajstić information content (AvgIpc) is 3.67. The number of benzene rings is 1. The van der Waals surface area contributed by atoms with E-state index in [-0.39, 0.29) is 40.8 Å². The van der Waals surface area contributed by atoms with Gasteiger partial charge < -0.3 is 25.8 Å². The fraction of sp³-hybridized carbons (Fsp3) is 0.323. The quantitative estimate of drug-likeness (QED) is 0.134. The molecule has 1 heterocycles. The number of methoxy groups -OCH3 is 1. The Kier molecular flexibility index (Phi) is 13.3. The first-order chi connectivity index (χ1) is 18.4. The van der Waals surface area contributed by atoms with Crippen LogP contribution < -0.4 is 25.8 Å². The summed E-state index contributed by atoms with van der Waals surface area (Å²) in [6.07, 6.45) is 10.5. The second-order valence-corrected chi connectivity index (χ2v) is 9.56. The monoisotopic (exact) mass is 570 g/mol. The van der Waals surface area contributed by atoms with E-state index in [9.17, 15) is 9.90 Å². The van der Waals surface area contributed by atoms with Crippen LogP contribution in [0, 0.1) is 5.92 Å². The molecule has 1 unspecified atom stereocenters. The Labute approximate surface area is 242 Å². The summed E-state index contributed by atoms with van der Waals surface area (Å²) >= 11 is 0. The maximum Gasteiger partial charge on any atom is 2.00 e. The van der Waals surface area contributed by atoms with Gasteiger partial charge in [-0.3, -0.25) is 9.78 Å². The second-order valence-electron chi connectivity index (χ2n) is 9.56. The van der Waals surface area contributed by atoms with Gasteiger partial charge in [0.25, 0.3) is 0 Å². The van der Waals surface area contributed by atoms with Crippen molar-refractivity contribution in [3.05, 3.63) is 96.6 Å². The third-order valence-corrected chi connectivity index (χ3v) is 6.15. The number of rotatable bonds is 11. The number of ether oxygens (including phenoxy) is 1. The third kappa shape index (κ3) is 9.89. The minimum atomic E-state index is -0.572. The summed E-state index contributed by atoms with van der Waals surface area (Å²) in [5.41, 5.74) is 2.39. The molecule has 2 aromatic carbocycles. The van der Waals surface area contributed by atoms with Crippen molar-refractivity contribution < 1.29 is 31.7 Å². The van der Waals surface area contributed by atoms with E-state index in [2.05, 4.69) is 27.9 Å². The van der Waals surface area contributed by atoms with E-state index < -0.39 is 6.04 Å². The number of pyridine rings is 1. The fourth-order valence-electron chi connectivity index (χ4n) is 4.07. The molecule has 4 rings (SSSR count). The summed E-state index contributed by atoms with van der Waals surface area (Å²) in [4.78, 5) is 17.2. The number of fused-ring (bicyclic) bond motifs is 1. The molecule has 39 heavy (non-hydrogen) atoms. The number of hydrogen-bond donors (Lipinski definition) is 3. The maximum absolute atomic E-state index is 12.7. The normalized spacial score (nSPS) is 13.2. The van der Waals surface area contributed by atoms with E-state index in [1.807, 2.05) is 68.4 Å². The topological polar surface area (TPSA) is 98.3 Å². The Morgan fingerprint density at radius 1 is 1.10 bits per heavy atom. The van der Waals surface area contributed by atoms with Crippen molar-refractivity contribution in [2.75, 3.05) is 19.0 Å². The molecule has 0 saturated heterocycles. The van der Waals surface area contributed by atoms with Crippen molar-refractivity contribution in [3.8, 4) is 5.75 Å². The molecule has 3 aromatic rings. The third-order valence-electron chi connectivity index (χ3n) is 6.15. The molecule has 0 aliphatic heterocycles. The Morgan fingerprint density at radius 3 is 2.44 bits per heavy atom. The largest absolute Gasteiger partial charge is 2.00 e. The van der Waals surface area contributed by atoms with E-state index in [1.54, 1.807) is 37.6 Å².